The van der Waals surface area contributed by atoms with Gasteiger partial charge in [0, 0.05) is 56.4 Å². The number of nitrogens with zero attached hydrogens (tertiary/aromatic N) is 3. The Morgan fingerprint density at radius 2 is 1.73 bits per heavy atom. The molecule has 1 amide bonds. The largest absolute Gasteiger partial charge is 0.398 e. The molecule has 30 heavy (non-hydrogen) atoms. The topological polar surface area (TPSA) is 73.0 Å². The van der Waals surface area contributed by atoms with Crippen molar-refractivity contribution in [2.24, 2.45) is 0 Å². The van der Waals surface area contributed by atoms with Gasteiger partial charge < -0.3 is 15.7 Å². The summed E-state index contributed by atoms with van der Waals surface area (Å²) in [5, 5.41) is 11.8. The van der Waals surface area contributed by atoms with E-state index in [1.165, 1.54) is 5.56 Å². The minimum absolute atomic E-state index is 0.0451. The van der Waals surface area contributed by atoms with Gasteiger partial charge in [-0.2, -0.15) is 0 Å². The highest BCUT2D eigenvalue weighted by atomic mass is 35.5. The van der Waals surface area contributed by atoms with Crippen LogP contribution in [0.2, 0.25) is 10.0 Å². The number of hydrogen-bond donors (Lipinski definition) is 2. The predicted octanol–water partition coefficient (Wildman–Crippen LogP) is 2.58. The van der Waals surface area contributed by atoms with Crippen LogP contribution in [0.1, 0.15) is 15.9 Å². The van der Waals surface area contributed by atoms with Crippen molar-refractivity contribution in [1.29, 1.82) is 0 Å². The maximum atomic E-state index is 12.8. The molecular weight excluding hydrogens is 423 g/mol. The number of nitrogens with two attached hydrogens (primary N) is 1. The van der Waals surface area contributed by atoms with Gasteiger partial charge in [-0.05, 0) is 35.9 Å². The first-order chi connectivity index (χ1) is 14.4. The molecule has 2 aromatic rings. The van der Waals surface area contributed by atoms with Crippen LogP contribution >= 0.6 is 23.2 Å². The van der Waals surface area contributed by atoms with Gasteiger partial charge in [0.05, 0.1) is 22.9 Å². The highest BCUT2D eigenvalue weighted by Gasteiger charge is 2.38. The van der Waals surface area contributed by atoms with E-state index in [2.05, 4.69) is 21.9 Å². The quantitative estimate of drug-likeness (QED) is 0.703. The Labute approximate surface area is 186 Å². The predicted molar refractivity (Wildman–Crippen MR) is 120 cm³/mol. The van der Waals surface area contributed by atoms with Crippen molar-refractivity contribution in [2.75, 3.05) is 45.0 Å². The number of carbonyl (C=O) groups excluding carboxylic acids is 1. The van der Waals surface area contributed by atoms with Crippen LogP contribution in [-0.2, 0) is 6.54 Å². The van der Waals surface area contributed by atoms with Gasteiger partial charge in [0.15, 0.2) is 0 Å². The summed E-state index contributed by atoms with van der Waals surface area (Å²) in [5.41, 5.74) is 7.96. The van der Waals surface area contributed by atoms with E-state index < -0.39 is 6.10 Å². The molecule has 0 aromatic heterocycles. The highest BCUT2D eigenvalue weighted by Crippen LogP contribution is 2.24. The average molecular weight is 449 g/mol. The number of nitrogen functional groups attached to an aromatic ring is 1. The lowest BCUT2D eigenvalue weighted by Crippen LogP contribution is -2.53. The molecule has 160 valence electrons. The molecule has 0 aliphatic carbocycles. The van der Waals surface area contributed by atoms with Gasteiger partial charge in [0.2, 0.25) is 0 Å². The molecule has 4 rings (SSSR count). The van der Waals surface area contributed by atoms with Crippen molar-refractivity contribution >= 4 is 34.8 Å². The number of amides is 1. The fourth-order valence-electron chi connectivity index (χ4n) is 4.25. The molecule has 2 atom stereocenters. The van der Waals surface area contributed by atoms with Crippen molar-refractivity contribution in [3.8, 4) is 0 Å². The maximum Gasteiger partial charge on any atom is 0.254 e. The third kappa shape index (κ3) is 4.74. The van der Waals surface area contributed by atoms with Crippen molar-refractivity contribution in [3.05, 3.63) is 63.6 Å². The zero-order valence-corrected chi connectivity index (χ0v) is 18.2. The number of aliphatic hydroxyl groups is 1. The van der Waals surface area contributed by atoms with Gasteiger partial charge in [0.1, 0.15) is 0 Å². The summed E-state index contributed by atoms with van der Waals surface area (Å²) in [6, 6.07) is 12.8. The Bertz CT molecular complexity index is 901. The van der Waals surface area contributed by atoms with Crippen LogP contribution < -0.4 is 5.73 Å². The minimum Gasteiger partial charge on any atom is -0.398 e. The second kappa shape index (κ2) is 9.12. The standard InChI is InChI=1S/C22H26Cl2N4O2/c23-17-4-1-15(2-5-17)12-26-7-9-27(10-8-26)20-13-28(14-21(20)29)22(30)16-3-6-18(24)19(25)11-16/h1-6,11,20-21,29H,7-10,12-14,25H2/t20-,21-/m1/s1. The molecule has 0 spiro atoms. The number of benzene rings is 2. The van der Waals surface area contributed by atoms with E-state index in [0.29, 0.717) is 29.4 Å². The van der Waals surface area contributed by atoms with Gasteiger partial charge in [0.25, 0.3) is 5.91 Å². The van der Waals surface area contributed by atoms with E-state index >= 15 is 0 Å². The van der Waals surface area contributed by atoms with Crippen LogP contribution in [0.15, 0.2) is 42.5 Å². The van der Waals surface area contributed by atoms with Gasteiger partial charge >= 0.3 is 0 Å². The number of likely N-dealkylation sites (tertiary alicyclic amines) is 1. The smallest absolute Gasteiger partial charge is 0.254 e. The van der Waals surface area contributed by atoms with Crippen LogP contribution in [0.3, 0.4) is 0 Å². The molecule has 6 nitrogen and oxygen atoms in total. The number of carbonyl (C=O) groups is 1. The van der Waals surface area contributed by atoms with E-state index in [9.17, 15) is 9.90 Å². The number of piperazine rings is 1. The van der Waals surface area contributed by atoms with Gasteiger partial charge in [-0.1, -0.05) is 35.3 Å². The maximum absolute atomic E-state index is 12.8. The zero-order valence-electron chi connectivity index (χ0n) is 16.7. The Kier molecular flexibility index (Phi) is 6.51. The highest BCUT2D eigenvalue weighted by molar-refractivity contribution is 6.33. The van der Waals surface area contributed by atoms with E-state index in [-0.39, 0.29) is 11.9 Å². The molecule has 2 fully saturated rings. The first kappa shape index (κ1) is 21.4. The molecule has 8 heteroatoms. The summed E-state index contributed by atoms with van der Waals surface area (Å²) in [4.78, 5) is 19.3. The molecular formula is C22H26Cl2N4O2. The molecule has 2 aliphatic heterocycles. The Hall–Kier alpha value is -1.83. The first-order valence-electron chi connectivity index (χ1n) is 10.1. The van der Waals surface area contributed by atoms with Crippen LogP contribution in [0.25, 0.3) is 0 Å². The lowest BCUT2D eigenvalue weighted by atomic mass is 10.1. The lowest BCUT2D eigenvalue weighted by molar-refractivity contribution is 0.0423. The summed E-state index contributed by atoms with van der Waals surface area (Å²) in [6.07, 6.45) is -0.554. The monoisotopic (exact) mass is 448 g/mol. The average Bonchev–Trinajstić information content (AvgIpc) is 3.13. The second-order valence-corrected chi connectivity index (χ2v) is 8.86. The van der Waals surface area contributed by atoms with Crippen LogP contribution in [0, 0.1) is 0 Å². The summed E-state index contributed by atoms with van der Waals surface area (Å²) in [7, 11) is 0. The Morgan fingerprint density at radius 1 is 1.03 bits per heavy atom. The molecule has 2 aromatic carbocycles. The molecule has 2 aliphatic rings. The van der Waals surface area contributed by atoms with Gasteiger partial charge in [-0.3, -0.25) is 14.6 Å². The summed E-state index contributed by atoms with van der Waals surface area (Å²) >= 11 is 11.9. The normalized spacial score (nSPS) is 23.1. The number of hydrogen-bond acceptors (Lipinski definition) is 5. The number of rotatable bonds is 4. The fourth-order valence-corrected chi connectivity index (χ4v) is 4.50. The minimum atomic E-state index is -0.554. The number of anilines is 1. The van der Waals surface area contributed by atoms with Crippen molar-refractivity contribution in [3.63, 3.8) is 0 Å². The Morgan fingerprint density at radius 3 is 2.40 bits per heavy atom. The summed E-state index contributed by atoms with van der Waals surface area (Å²) in [5.74, 6) is -0.124. The lowest BCUT2D eigenvalue weighted by Gasteiger charge is -2.38. The van der Waals surface area contributed by atoms with E-state index in [4.69, 9.17) is 28.9 Å². The van der Waals surface area contributed by atoms with E-state index in [0.717, 1.165) is 37.7 Å². The number of halogens is 2. The zero-order chi connectivity index (χ0) is 21.3. The molecule has 0 saturated carbocycles. The summed E-state index contributed by atoms with van der Waals surface area (Å²) < 4.78 is 0. The molecule has 3 N–H and O–H groups in total. The molecule has 2 heterocycles. The van der Waals surface area contributed by atoms with Crippen LogP contribution in [0.4, 0.5) is 5.69 Å². The van der Waals surface area contributed by atoms with E-state index in [1.807, 2.05) is 12.1 Å². The van der Waals surface area contributed by atoms with Crippen LogP contribution in [0.5, 0.6) is 0 Å². The van der Waals surface area contributed by atoms with Gasteiger partial charge in [-0.25, -0.2) is 0 Å². The van der Waals surface area contributed by atoms with E-state index in [1.54, 1.807) is 23.1 Å². The Balaban J connectivity index is 1.32. The van der Waals surface area contributed by atoms with Crippen LogP contribution in [-0.4, -0.2) is 77.1 Å². The summed E-state index contributed by atoms with van der Waals surface area (Å²) in [6.45, 7) is 5.31. The molecule has 0 bridgehead atoms. The van der Waals surface area contributed by atoms with Gasteiger partial charge in [-0.15, -0.1) is 0 Å². The molecule has 0 unspecified atom stereocenters. The van der Waals surface area contributed by atoms with Crippen molar-refractivity contribution < 1.29 is 9.90 Å². The van der Waals surface area contributed by atoms with Crippen molar-refractivity contribution in [2.45, 2.75) is 18.7 Å². The first-order valence-corrected chi connectivity index (χ1v) is 10.9. The third-order valence-electron chi connectivity index (χ3n) is 5.98. The third-order valence-corrected chi connectivity index (χ3v) is 6.58. The van der Waals surface area contributed by atoms with Crippen molar-refractivity contribution in [1.82, 2.24) is 14.7 Å². The fraction of sp³-hybridized carbons (Fsp3) is 0.409. The SMILES string of the molecule is Nc1cc(C(=O)N2C[C@@H](O)[C@H](N3CCN(Cc4ccc(Cl)cc4)CC3)C2)ccc1Cl. The molecule has 2 saturated heterocycles. The second-order valence-electron chi connectivity index (χ2n) is 8.02. The number of aliphatic hydroxyl groups excluding tert-OH is 1. The number of β-amino-alcohol motifs (C(OH)–C–C–N with tert-alkyl or cyclic N) is 1. The molecule has 0 radical (unpaired) electrons.